The van der Waals surface area contributed by atoms with E-state index in [2.05, 4.69) is 59.3 Å². The van der Waals surface area contributed by atoms with Crippen LogP contribution in [0.5, 0.6) is 0 Å². The first-order chi connectivity index (χ1) is 23.5. The summed E-state index contributed by atoms with van der Waals surface area (Å²) in [4.78, 5) is 0. The molecule has 0 aromatic rings. The monoisotopic (exact) mass is 677 g/mol. The third-order valence-electron chi connectivity index (χ3n) is 9.72. The van der Waals surface area contributed by atoms with Crippen molar-refractivity contribution in [3.63, 3.8) is 0 Å². The molecule has 3 nitrogen and oxygen atoms in total. The lowest BCUT2D eigenvalue weighted by Crippen LogP contribution is -2.35. The van der Waals surface area contributed by atoms with Crippen LogP contribution in [-0.4, -0.2) is 58.1 Å². The molecule has 1 atom stereocenters. The highest BCUT2D eigenvalue weighted by Gasteiger charge is 2.12. The third kappa shape index (κ3) is 41.5. The average molecular weight is 677 g/mol. The topological polar surface area (TPSA) is 18.5 Å². The van der Waals surface area contributed by atoms with Crippen molar-refractivity contribution >= 4 is 0 Å². The Morgan fingerprint density at radius 3 is 1.21 bits per heavy atom. The van der Waals surface area contributed by atoms with Gasteiger partial charge in [-0.25, -0.2) is 0 Å². The van der Waals surface area contributed by atoms with Gasteiger partial charge in [0.25, 0.3) is 0 Å². The number of ether oxygens (including phenoxy) is 2. The van der Waals surface area contributed by atoms with Gasteiger partial charge in [-0.05, 0) is 83.5 Å². The van der Waals surface area contributed by atoms with Crippen LogP contribution in [0.3, 0.4) is 0 Å². The number of hydrogen-bond acceptors (Lipinski definition) is 2. The fourth-order valence-electron chi connectivity index (χ4n) is 6.44. The summed E-state index contributed by atoms with van der Waals surface area (Å²) in [5.41, 5.74) is 0. The summed E-state index contributed by atoms with van der Waals surface area (Å²) in [5, 5.41) is 0. The summed E-state index contributed by atoms with van der Waals surface area (Å²) in [5.74, 6) is 0. The Kier molecular flexibility index (Phi) is 38.6. The van der Waals surface area contributed by atoms with Gasteiger partial charge in [0.05, 0.1) is 40.4 Å². The molecule has 3 heteroatoms. The minimum Gasteiger partial charge on any atom is -0.379 e. The molecule has 0 aromatic carbocycles. The summed E-state index contributed by atoms with van der Waals surface area (Å²) >= 11 is 0. The van der Waals surface area contributed by atoms with Crippen LogP contribution in [-0.2, 0) is 9.47 Å². The van der Waals surface area contributed by atoms with Crippen LogP contribution in [0.4, 0.5) is 0 Å². The van der Waals surface area contributed by atoms with E-state index >= 15 is 0 Å². The molecule has 0 fully saturated rings. The summed E-state index contributed by atoms with van der Waals surface area (Å²) in [6.45, 7) is 8.40. The van der Waals surface area contributed by atoms with E-state index in [9.17, 15) is 0 Å². The van der Waals surface area contributed by atoms with Crippen LogP contribution in [0.15, 0.2) is 24.3 Å². The van der Waals surface area contributed by atoms with Gasteiger partial charge in [0, 0.05) is 13.2 Å². The van der Waals surface area contributed by atoms with E-state index < -0.39 is 0 Å². The van der Waals surface area contributed by atoms with Crippen molar-refractivity contribution in [2.45, 2.75) is 219 Å². The predicted octanol–water partition coefficient (Wildman–Crippen LogP) is 14.3. The SMILES string of the molecule is CCCCCCCCC=CCCCCCCCCOCC(CCCC[N+](C)(C)C)OCCCCCCCCC=CCCCCCCCC. The smallest absolute Gasteiger partial charge is 0.0808 e. The van der Waals surface area contributed by atoms with E-state index in [1.165, 1.54) is 199 Å². The minimum atomic E-state index is 0.273. The van der Waals surface area contributed by atoms with Crippen LogP contribution in [0.1, 0.15) is 213 Å². The molecule has 0 saturated carbocycles. The zero-order valence-corrected chi connectivity index (χ0v) is 33.9. The number of unbranched alkanes of at least 4 members (excludes halogenated alkanes) is 25. The summed E-state index contributed by atoms with van der Waals surface area (Å²) in [6, 6.07) is 0. The van der Waals surface area contributed by atoms with E-state index in [1.807, 2.05) is 0 Å². The second-order valence-electron chi connectivity index (χ2n) is 16.0. The quantitative estimate of drug-likeness (QED) is 0.0365. The number of allylic oxidation sites excluding steroid dienone is 4. The first kappa shape index (κ1) is 47.4. The standard InChI is InChI=1S/C45H90NO2/c1-6-8-10-12-14-16-18-20-22-24-26-28-30-32-34-38-42-47-44-45(40-36-37-41-46(3,4)5)48-43-39-35-33-31-29-27-25-23-21-19-17-15-13-11-9-7-2/h20-23,45H,6-19,24-44H2,1-5H3/q+1. The Morgan fingerprint density at radius 2 is 0.792 bits per heavy atom. The normalized spacial score (nSPS) is 13.0. The molecular formula is C45H90NO2+. The first-order valence-corrected chi connectivity index (χ1v) is 21.8. The molecule has 0 rings (SSSR count). The van der Waals surface area contributed by atoms with Crippen molar-refractivity contribution in [1.29, 1.82) is 0 Å². The van der Waals surface area contributed by atoms with Gasteiger partial charge in [0.15, 0.2) is 0 Å². The summed E-state index contributed by atoms with van der Waals surface area (Å²) in [6.07, 6.45) is 51.5. The first-order valence-electron chi connectivity index (χ1n) is 21.8. The van der Waals surface area contributed by atoms with E-state index in [-0.39, 0.29) is 6.10 Å². The van der Waals surface area contributed by atoms with Gasteiger partial charge in [-0.15, -0.1) is 0 Å². The van der Waals surface area contributed by atoms with Crippen LogP contribution in [0, 0.1) is 0 Å². The zero-order chi connectivity index (χ0) is 35.1. The molecule has 48 heavy (non-hydrogen) atoms. The average Bonchev–Trinajstić information content (AvgIpc) is 3.06. The van der Waals surface area contributed by atoms with Gasteiger partial charge < -0.3 is 14.0 Å². The molecule has 0 bridgehead atoms. The van der Waals surface area contributed by atoms with Crippen molar-refractivity contribution in [3.05, 3.63) is 24.3 Å². The molecule has 0 aliphatic carbocycles. The van der Waals surface area contributed by atoms with Gasteiger partial charge >= 0.3 is 0 Å². The van der Waals surface area contributed by atoms with Crippen molar-refractivity contribution in [1.82, 2.24) is 0 Å². The van der Waals surface area contributed by atoms with Crippen LogP contribution < -0.4 is 0 Å². The molecule has 0 saturated heterocycles. The molecule has 0 heterocycles. The molecule has 0 N–H and O–H groups in total. The fourth-order valence-corrected chi connectivity index (χ4v) is 6.44. The molecule has 0 spiro atoms. The van der Waals surface area contributed by atoms with E-state index in [1.54, 1.807) is 0 Å². The Bertz CT molecular complexity index is 652. The molecule has 286 valence electrons. The lowest BCUT2D eigenvalue weighted by molar-refractivity contribution is -0.870. The number of rotatable bonds is 40. The Morgan fingerprint density at radius 1 is 0.417 bits per heavy atom. The minimum absolute atomic E-state index is 0.273. The third-order valence-corrected chi connectivity index (χ3v) is 9.72. The molecule has 0 amide bonds. The van der Waals surface area contributed by atoms with Crippen LogP contribution in [0.2, 0.25) is 0 Å². The molecule has 0 aromatic heterocycles. The largest absolute Gasteiger partial charge is 0.379 e. The fraction of sp³-hybridized carbons (Fsp3) is 0.911. The van der Waals surface area contributed by atoms with Gasteiger partial charge in [-0.2, -0.15) is 0 Å². The second kappa shape index (κ2) is 39.2. The van der Waals surface area contributed by atoms with Crippen molar-refractivity contribution < 1.29 is 14.0 Å². The van der Waals surface area contributed by atoms with Gasteiger partial charge in [-0.1, -0.05) is 154 Å². The maximum atomic E-state index is 6.38. The predicted molar refractivity (Wildman–Crippen MR) is 216 cm³/mol. The zero-order valence-electron chi connectivity index (χ0n) is 33.9. The second-order valence-corrected chi connectivity index (χ2v) is 16.0. The van der Waals surface area contributed by atoms with Gasteiger partial charge in [0.2, 0.25) is 0 Å². The van der Waals surface area contributed by atoms with Crippen molar-refractivity contribution in [3.8, 4) is 0 Å². The molecule has 0 aliphatic heterocycles. The molecule has 1 unspecified atom stereocenters. The van der Waals surface area contributed by atoms with Crippen molar-refractivity contribution in [2.75, 3.05) is 47.5 Å². The molecule has 0 aliphatic rings. The summed E-state index contributed by atoms with van der Waals surface area (Å²) in [7, 11) is 6.88. The van der Waals surface area contributed by atoms with E-state index in [0.717, 1.165) is 30.7 Å². The molecular weight excluding hydrogens is 587 g/mol. The Labute approximate surface area is 304 Å². The highest BCUT2D eigenvalue weighted by atomic mass is 16.5. The van der Waals surface area contributed by atoms with E-state index in [4.69, 9.17) is 9.47 Å². The maximum Gasteiger partial charge on any atom is 0.0808 e. The summed E-state index contributed by atoms with van der Waals surface area (Å²) < 4.78 is 13.6. The van der Waals surface area contributed by atoms with Crippen molar-refractivity contribution in [2.24, 2.45) is 0 Å². The Balaban J connectivity index is 3.81. The number of quaternary nitrogens is 1. The number of nitrogens with zero attached hydrogens (tertiary/aromatic N) is 1. The lowest BCUT2D eigenvalue weighted by Gasteiger charge is -2.24. The highest BCUT2D eigenvalue weighted by Crippen LogP contribution is 2.14. The van der Waals surface area contributed by atoms with Crippen LogP contribution in [0.25, 0.3) is 0 Å². The van der Waals surface area contributed by atoms with E-state index in [0.29, 0.717) is 0 Å². The van der Waals surface area contributed by atoms with Gasteiger partial charge in [0.1, 0.15) is 0 Å². The van der Waals surface area contributed by atoms with Gasteiger partial charge in [-0.3, -0.25) is 0 Å². The van der Waals surface area contributed by atoms with Crippen LogP contribution >= 0.6 is 0 Å². The maximum absolute atomic E-state index is 6.38. The lowest BCUT2D eigenvalue weighted by atomic mass is 10.1. The highest BCUT2D eigenvalue weighted by molar-refractivity contribution is 4.82. The molecule has 0 radical (unpaired) electrons. The Hall–Kier alpha value is -0.640. The number of hydrogen-bond donors (Lipinski definition) is 0.